The Morgan fingerprint density at radius 3 is 2.79 bits per heavy atom. The molecule has 1 unspecified atom stereocenters. The number of aromatic amines is 1. The predicted octanol–water partition coefficient (Wildman–Crippen LogP) is 4.42. The SMILES string of the molecule is CCn1nc(C(=O)N2CCCC2c2ccccc2)c2cc(-c3cn[nH]c3)ccc21. The molecule has 6 heteroatoms. The molecule has 6 nitrogen and oxygen atoms in total. The Morgan fingerprint density at radius 1 is 1.17 bits per heavy atom. The third-order valence-corrected chi connectivity index (χ3v) is 5.78. The molecule has 1 saturated heterocycles. The lowest BCUT2D eigenvalue weighted by atomic mass is 10.0. The lowest BCUT2D eigenvalue weighted by Crippen LogP contribution is -2.31. The average Bonchev–Trinajstić information content (AvgIpc) is 3.53. The molecule has 1 aliphatic rings. The van der Waals surface area contributed by atoms with E-state index in [2.05, 4.69) is 34.5 Å². The predicted molar refractivity (Wildman–Crippen MR) is 112 cm³/mol. The Morgan fingerprint density at radius 2 is 2.03 bits per heavy atom. The van der Waals surface area contributed by atoms with Gasteiger partial charge in [0.25, 0.3) is 5.91 Å². The molecule has 0 spiro atoms. The maximum absolute atomic E-state index is 13.6. The van der Waals surface area contributed by atoms with E-state index in [-0.39, 0.29) is 11.9 Å². The molecule has 5 rings (SSSR count). The minimum absolute atomic E-state index is 0.0119. The number of hydrogen-bond donors (Lipinski definition) is 1. The molecular weight excluding hydrogens is 362 g/mol. The van der Waals surface area contributed by atoms with Gasteiger partial charge in [-0.1, -0.05) is 36.4 Å². The fourth-order valence-electron chi connectivity index (χ4n) is 4.33. The minimum Gasteiger partial charge on any atom is -0.330 e. The van der Waals surface area contributed by atoms with Crippen molar-refractivity contribution in [2.24, 2.45) is 0 Å². The van der Waals surface area contributed by atoms with Gasteiger partial charge in [-0.15, -0.1) is 0 Å². The first-order valence-electron chi connectivity index (χ1n) is 10.1. The van der Waals surface area contributed by atoms with Crippen LogP contribution < -0.4 is 0 Å². The number of benzene rings is 2. The summed E-state index contributed by atoms with van der Waals surface area (Å²) in [5.74, 6) is 0.0119. The zero-order chi connectivity index (χ0) is 19.8. The molecule has 2 aromatic carbocycles. The Bertz CT molecular complexity index is 1150. The number of rotatable bonds is 4. The van der Waals surface area contributed by atoms with Crippen LogP contribution >= 0.6 is 0 Å². The molecule has 1 amide bonds. The van der Waals surface area contributed by atoms with Gasteiger partial charge in [0.1, 0.15) is 0 Å². The summed E-state index contributed by atoms with van der Waals surface area (Å²) < 4.78 is 1.91. The second-order valence-electron chi connectivity index (χ2n) is 7.45. The van der Waals surface area contributed by atoms with E-state index in [0.29, 0.717) is 5.69 Å². The number of fused-ring (bicyclic) bond motifs is 1. The fourth-order valence-corrected chi connectivity index (χ4v) is 4.33. The molecule has 0 aliphatic carbocycles. The summed E-state index contributed by atoms with van der Waals surface area (Å²) in [7, 11) is 0. The van der Waals surface area contributed by atoms with Crippen molar-refractivity contribution >= 4 is 16.8 Å². The lowest BCUT2D eigenvalue weighted by Gasteiger charge is -2.24. The number of nitrogens with zero attached hydrogens (tertiary/aromatic N) is 4. The van der Waals surface area contributed by atoms with E-state index in [1.165, 1.54) is 5.56 Å². The van der Waals surface area contributed by atoms with Gasteiger partial charge in [-0.2, -0.15) is 10.2 Å². The number of likely N-dealkylation sites (tertiary alicyclic amines) is 1. The van der Waals surface area contributed by atoms with Gasteiger partial charge < -0.3 is 4.90 Å². The number of amides is 1. The van der Waals surface area contributed by atoms with Crippen LogP contribution in [-0.4, -0.2) is 37.3 Å². The summed E-state index contributed by atoms with van der Waals surface area (Å²) in [6.45, 7) is 3.53. The zero-order valence-corrected chi connectivity index (χ0v) is 16.4. The minimum atomic E-state index is 0.0119. The van der Waals surface area contributed by atoms with Gasteiger partial charge in [-0.3, -0.25) is 14.6 Å². The van der Waals surface area contributed by atoms with E-state index in [9.17, 15) is 4.79 Å². The van der Waals surface area contributed by atoms with Crippen LogP contribution in [0, 0.1) is 0 Å². The molecule has 1 N–H and O–H groups in total. The first-order chi connectivity index (χ1) is 14.3. The van der Waals surface area contributed by atoms with Gasteiger partial charge in [-0.05, 0) is 43.0 Å². The van der Waals surface area contributed by atoms with Crippen molar-refractivity contribution in [1.82, 2.24) is 24.9 Å². The molecule has 1 atom stereocenters. The summed E-state index contributed by atoms with van der Waals surface area (Å²) in [5, 5.41) is 12.5. The standard InChI is InChI=1S/C23H23N5O/c1-2-28-21-11-10-17(18-14-24-25-15-18)13-19(21)22(26-28)23(29)27-12-6-9-20(27)16-7-4-3-5-8-16/h3-5,7-8,10-11,13-15,20H,2,6,9,12H2,1H3,(H,24,25). The summed E-state index contributed by atoms with van der Waals surface area (Å²) in [4.78, 5) is 15.6. The van der Waals surface area contributed by atoms with Crippen molar-refractivity contribution in [1.29, 1.82) is 0 Å². The fraction of sp³-hybridized carbons (Fsp3) is 0.261. The van der Waals surface area contributed by atoms with Crippen LogP contribution in [0.5, 0.6) is 0 Å². The number of aryl methyl sites for hydroxylation is 1. The molecule has 1 fully saturated rings. The van der Waals surface area contributed by atoms with Crippen LogP contribution in [0.4, 0.5) is 0 Å². The molecule has 0 saturated carbocycles. The van der Waals surface area contributed by atoms with Crippen LogP contribution in [0.1, 0.15) is 41.9 Å². The lowest BCUT2D eigenvalue weighted by molar-refractivity contribution is 0.0730. The topological polar surface area (TPSA) is 66.8 Å². The molecule has 4 aromatic rings. The van der Waals surface area contributed by atoms with Gasteiger partial charge in [0, 0.05) is 30.2 Å². The van der Waals surface area contributed by atoms with Gasteiger partial charge >= 0.3 is 0 Å². The van der Waals surface area contributed by atoms with Gasteiger partial charge in [-0.25, -0.2) is 0 Å². The second-order valence-corrected chi connectivity index (χ2v) is 7.45. The first-order valence-corrected chi connectivity index (χ1v) is 10.1. The quantitative estimate of drug-likeness (QED) is 0.565. The van der Waals surface area contributed by atoms with E-state index >= 15 is 0 Å². The van der Waals surface area contributed by atoms with Crippen molar-refractivity contribution in [2.75, 3.05) is 6.54 Å². The summed E-state index contributed by atoms with van der Waals surface area (Å²) >= 11 is 0. The summed E-state index contributed by atoms with van der Waals surface area (Å²) in [5.41, 5.74) is 4.74. The summed E-state index contributed by atoms with van der Waals surface area (Å²) in [6, 6.07) is 16.6. The number of carbonyl (C=O) groups is 1. The van der Waals surface area contributed by atoms with Gasteiger partial charge in [0.2, 0.25) is 0 Å². The molecule has 2 aromatic heterocycles. The van der Waals surface area contributed by atoms with Crippen molar-refractivity contribution in [3.05, 3.63) is 72.2 Å². The number of aromatic nitrogens is 4. The Labute approximate surface area is 169 Å². The van der Waals surface area contributed by atoms with Crippen molar-refractivity contribution in [3.8, 4) is 11.1 Å². The van der Waals surface area contributed by atoms with Crippen molar-refractivity contribution < 1.29 is 4.79 Å². The first kappa shape index (κ1) is 17.7. The summed E-state index contributed by atoms with van der Waals surface area (Å²) in [6.07, 6.45) is 5.65. The average molecular weight is 385 g/mol. The highest BCUT2D eigenvalue weighted by atomic mass is 16.2. The molecule has 0 bridgehead atoms. The third-order valence-electron chi connectivity index (χ3n) is 5.78. The molecule has 3 heterocycles. The van der Waals surface area contributed by atoms with Crippen LogP contribution in [0.2, 0.25) is 0 Å². The molecule has 1 aliphatic heterocycles. The molecular formula is C23H23N5O. The van der Waals surface area contributed by atoms with Gasteiger partial charge in [0.05, 0.1) is 17.8 Å². The Balaban J connectivity index is 1.58. The van der Waals surface area contributed by atoms with E-state index < -0.39 is 0 Å². The normalized spacial score (nSPS) is 16.6. The zero-order valence-electron chi connectivity index (χ0n) is 16.4. The monoisotopic (exact) mass is 385 g/mol. The van der Waals surface area contributed by atoms with E-state index in [1.807, 2.05) is 47.0 Å². The number of nitrogens with one attached hydrogen (secondary N) is 1. The largest absolute Gasteiger partial charge is 0.330 e. The third kappa shape index (κ3) is 3.01. The highest BCUT2D eigenvalue weighted by Crippen LogP contribution is 2.34. The van der Waals surface area contributed by atoms with Crippen LogP contribution in [0.3, 0.4) is 0 Å². The molecule has 0 radical (unpaired) electrons. The highest BCUT2D eigenvalue weighted by molar-refractivity contribution is 6.06. The second kappa shape index (κ2) is 7.20. The van der Waals surface area contributed by atoms with E-state index in [0.717, 1.165) is 48.0 Å². The number of carbonyl (C=O) groups excluding carboxylic acids is 1. The van der Waals surface area contributed by atoms with Crippen LogP contribution in [0.15, 0.2) is 60.9 Å². The molecule has 146 valence electrons. The van der Waals surface area contributed by atoms with E-state index in [1.54, 1.807) is 6.20 Å². The van der Waals surface area contributed by atoms with Gasteiger partial charge in [0.15, 0.2) is 5.69 Å². The van der Waals surface area contributed by atoms with E-state index in [4.69, 9.17) is 5.10 Å². The van der Waals surface area contributed by atoms with Crippen molar-refractivity contribution in [3.63, 3.8) is 0 Å². The maximum atomic E-state index is 13.6. The number of H-pyrrole nitrogens is 1. The smallest absolute Gasteiger partial charge is 0.275 e. The van der Waals surface area contributed by atoms with Crippen LogP contribution in [0.25, 0.3) is 22.0 Å². The number of hydrogen-bond acceptors (Lipinski definition) is 3. The Kier molecular flexibility index (Phi) is 4.39. The maximum Gasteiger partial charge on any atom is 0.275 e. The van der Waals surface area contributed by atoms with Crippen LogP contribution in [-0.2, 0) is 6.54 Å². The molecule has 29 heavy (non-hydrogen) atoms. The Hall–Kier alpha value is -3.41. The van der Waals surface area contributed by atoms with Crippen molar-refractivity contribution in [2.45, 2.75) is 32.4 Å². The highest BCUT2D eigenvalue weighted by Gasteiger charge is 2.33.